The fourth-order valence-corrected chi connectivity index (χ4v) is 4.34. The average Bonchev–Trinajstić information content (AvgIpc) is 2.94. The summed E-state index contributed by atoms with van der Waals surface area (Å²) in [6.45, 7) is 0. The van der Waals surface area contributed by atoms with Crippen LogP contribution in [0.4, 0.5) is 4.39 Å². The van der Waals surface area contributed by atoms with E-state index >= 15 is 0 Å². The Morgan fingerprint density at radius 1 is 1.24 bits per heavy atom. The van der Waals surface area contributed by atoms with E-state index in [2.05, 4.69) is 0 Å². The molecule has 5 nitrogen and oxygen atoms in total. The van der Waals surface area contributed by atoms with Gasteiger partial charge >= 0.3 is 5.97 Å². The Balaban J connectivity index is 1.84. The number of hydrogen-bond acceptors (Lipinski definition) is 5. The summed E-state index contributed by atoms with van der Waals surface area (Å²) in [4.78, 5) is 11.0. The summed E-state index contributed by atoms with van der Waals surface area (Å²) < 4.78 is 13.6. The Bertz CT molecular complexity index is 708. The third-order valence-corrected chi connectivity index (χ3v) is 6.20. The Morgan fingerprint density at radius 3 is 2.72 bits per heavy atom. The van der Waals surface area contributed by atoms with Gasteiger partial charge in [0.15, 0.2) is 0 Å². The summed E-state index contributed by atoms with van der Waals surface area (Å²) in [5, 5.41) is 39.3. The van der Waals surface area contributed by atoms with Crippen molar-refractivity contribution < 1.29 is 29.6 Å². The highest BCUT2D eigenvalue weighted by Crippen LogP contribution is 2.36. The van der Waals surface area contributed by atoms with Crippen molar-refractivity contribution in [2.24, 2.45) is 11.8 Å². The number of rotatable bonds is 11. The van der Waals surface area contributed by atoms with E-state index in [1.807, 2.05) is 12.2 Å². The molecule has 1 aromatic carbocycles. The third kappa shape index (κ3) is 7.93. The molecule has 0 saturated heterocycles. The predicted octanol–water partition coefficient (Wildman–Crippen LogP) is 3.39. The van der Waals surface area contributed by atoms with Gasteiger partial charge in [-0.1, -0.05) is 36.4 Å². The maximum Gasteiger partial charge on any atom is 0.303 e. The van der Waals surface area contributed by atoms with Gasteiger partial charge in [-0.2, -0.15) is 0 Å². The summed E-state index contributed by atoms with van der Waals surface area (Å²) in [5.41, 5.74) is 0. The normalized spacial score (nSPS) is 25.8. The summed E-state index contributed by atoms with van der Waals surface area (Å²) in [6, 6.07) is 6.39. The molecule has 0 amide bonds. The van der Waals surface area contributed by atoms with Crippen molar-refractivity contribution in [3.8, 4) is 0 Å². The second-order valence-electron chi connectivity index (χ2n) is 7.30. The number of hydrogen-bond donors (Lipinski definition) is 4. The molecular formula is C22H29FO5S. The minimum atomic E-state index is -0.815. The molecule has 7 heteroatoms. The van der Waals surface area contributed by atoms with E-state index in [0.29, 0.717) is 24.2 Å². The minimum Gasteiger partial charge on any atom is -0.481 e. The van der Waals surface area contributed by atoms with Crippen LogP contribution in [0.3, 0.4) is 0 Å². The molecule has 5 unspecified atom stereocenters. The lowest BCUT2D eigenvalue weighted by atomic mass is 9.89. The lowest BCUT2D eigenvalue weighted by Crippen LogP contribution is -2.20. The largest absolute Gasteiger partial charge is 0.481 e. The van der Waals surface area contributed by atoms with Gasteiger partial charge in [-0.3, -0.25) is 4.79 Å². The summed E-state index contributed by atoms with van der Waals surface area (Å²) >= 11 is 1.22. The van der Waals surface area contributed by atoms with Crippen molar-refractivity contribution in [1.82, 2.24) is 0 Å². The molecule has 160 valence electrons. The highest BCUT2D eigenvalue weighted by Gasteiger charge is 2.39. The Kier molecular flexibility index (Phi) is 9.87. The molecule has 0 radical (unpaired) electrons. The van der Waals surface area contributed by atoms with E-state index in [1.54, 1.807) is 30.4 Å². The van der Waals surface area contributed by atoms with E-state index in [1.165, 1.54) is 17.8 Å². The molecule has 4 N–H and O–H groups in total. The molecule has 0 aromatic heterocycles. The lowest BCUT2D eigenvalue weighted by molar-refractivity contribution is -0.137. The summed E-state index contributed by atoms with van der Waals surface area (Å²) in [5.74, 6) is -1.29. The molecule has 1 aromatic rings. The first-order valence-electron chi connectivity index (χ1n) is 9.85. The smallest absolute Gasteiger partial charge is 0.303 e. The first-order valence-corrected chi connectivity index (χ1v) is 10.8. The van der Waals surface area contributed by atoms with Gasteiger partial charge in [0, 0.05) is 29.4 Å². The summed E-state index contributed by atoms with van der Waals surface area (Å²) in [7, 11) is 0. The number of aliphatic hydroxyl groups is 3. The molecule has 0 aliphatic heterocycles. The van der Waals surface area contributed by atoms with Crippen LogP contribution in [0.2, 0.25) is 0 Å². The van der Waals surface area contributed by atoms with Gasteiger partial charge in [0.1, 0.15) is 5.82 Å². The zero-order chi connectivity index (χ0) is 21.2. The highest BCUT2D eigenvalue weighted by molar-refractivity contribution is 7.99. The summed E-state index contributed by atoms with van der Waals surface area (Å²) in [6.07, 6.45) is 7.26. The molecule has 5 atom stereocenters. The Hall–Kier alpha value is -1.67. The number of carboxylic acids is 1. The van der Waals surface area contributed by atoms with Crippen molar-refractivity contribution in [3.05, 3.63) is 54.4 Å². The SMILES string of the molecule is O=C(O)CCCC=CCC1C(O)CC(O)C1C=CC(O)CSc1ccccc1F. The van der Waals surface area contributed by atoms with Crippen LogP contribution in [0.25, 0.3) is 0 Å². The molecule has 1 aliphatic rings. The molecule has 1 fully saturated rings. The van der Waals surface area contributed by atoms with Crippen molar-refractivity contribution in [2.45, 2.75) is 55.3 Å². The number of thioether (sulfide) groups is 1. The number of carbonyl (C=O) groups is 1. The predicted molar refractivity (Wildman–Crippen MR) is 111 cm³/mol. The van der Waals surface area contributed by atoms with E-state index < -0.39 is 24.3 Å². The van der Waals surface area contributed by atoms with Gasteiger partial charge in [-0.25, -0.2) is 4.39 Å². The Labute approximate surface area is 175 Å². The van der Waals surface area contributed by atoms with Gasteiger partial charge in [-0.15, -0.1) is 11.8 Å². The molecular weight excluding hydrogens is 395 g/mol. The number of aliphatic hydroxyl groups excluding tert-OH is 3. The average molecular weight is 425 g/mol. The van der Waals surface area contributed by atoms with Crippen molar-refractivity contribution in [2.75, 3.05) is 5.75 Å². The first kappa shape index (κ1) is 23.6. The van der Waals surface area contributed by atoms with E-state index in [0.717, 1.165) is 0 Å². The van der Waals surface area contributed by atoms with Gasteiger partial charge in [0.05, 0.1) is 18.3 Å². The van der Waals surface area contributed by atoms with Crippen LogP contribution in [0.5, 0.6) is 0 Å². The quantitative estimate of drug-likeness (QED) is 0.247. The second kappa shape index (κ2) is 12.1. The van der Waals surface area contributed by atoms with Gasteiger partial charge in [0.2, 0.25) is 0 Å². The van der Waals surface area contributed by atoms with Gasteiger partial charge in [-0.05, 0) is 37.3 Å². The monoisotopic (exact) mass is 424 g/mol. The molecule has 0 bridgehead atoms. The van der Waals surface area contributed by atoms with E-state index in [-0.39, 0.29) is 36.2 Å². The van der Waals surface area contributed by atoms with Crippen molar-refractivity contribution in [1.29, 1.82) is 0 Å². The van der Waals surface area contributed by atoms with Crippen LogP contribution < -0.4 is 0 Å². The zero-order valence-electron chi connectivity index (χ0n) is 16.2. The molecule has 1 aliphatic carbocycles. The minimum absolute atomic E-state index is 0.128. The zero-order valence-corrected chi connectivity index (χ0v) is 17.0. The van der Waals surface area contributed by atoms with Crippen LogP contribution in [0.15, 0.2) is 53.5 Å². The molecule has 0 spiro atoms. The Morgan fingerprint density at radius 2 is 2.00 bits per heavy atom. The third-order valence-electron chi connectivity index (χ3n) is 5.05. The van der Waals surface area contributed by atoms with Crippen LogP contribution >= 0.6 is 11.8 Å². The topological polar surface area (TPSA) is 98.0 Å². The number of allylic oxidation sites excluding steroid dienone is 2. The number of halogens is 1. The van der Waals surface area contributed by atoms with Crippen LogP contribution in [0, 0.1) is 17.7 Å². The standard InChI is InChI=1S/C22H29FO5S/c23-18-8-5-6-9-21(18)29-14-15(24)11-12-17-16(19(25)13-20(17)26)7-3-1-2-4-10-22(27)28/h1,3,5-6,8-9,11-12,15-17,19-20,24-26H,2,4,7,10,13-14H2,(H,27,28). The number of aliphatic carboxylic acids is 1. The first-order chi connectivity index (χ1) is 13.9. The molecule has 0 heterocycles. The van der Waals surface area contributed by atoms with Crippen molar-refractivity contribution >= 4 is 17.7 Å². The second-order valence-corrected chi connectivity index (χ2v) is 8.36. The number of unbranched alkanes of at least 4 members (excludes halogenated alkanes) is 1. The fourth-order valence-electron chi connectivity index (χ4n) is 3.50. The number of carboxylic acid groups (broad SMARTS) is 1. The number of benzene rings is 1. The van der Waals surface area contributed by atoms with Crippen LogP contribution in [-0.4, -0.2) is 50.5 Å². The molecule has 2 rings (SSSR count). The van der Waals surface area contributed by atoms with Gasteiger partial charge in [0.25, 0.3) is 0 Å². The molecule has 29 heavy (non-hydrogen) atoms. The van der Waals surface area contributed by atoms with Crippen LogP contribution in [-0.2, 0) is 4.79 Å². The maximum absolute atomic E-state index is 13.6. The van der Waals surface area contributed by atoms with Crippen molar-refractivity contribution in [3.63, 3.8) is 0 Å². The van der Waals surface area contributed by atoms with Gasteiger partial charge < -0.3 is 20.4 Å². The fraction of sp³-hybridized carbons (Fsp3) is 0.500. The van der Waals surface area contributed by atoms with E-state index in [4.69, 9.17) is 5.11 Å². The lowest BCUT2D eigenvalue weighted by Gasteiger charge is -2.19. The maximum atomic E-state index is 13.6. The highest BCUT2D eigenvalue weighted by atomic mass is 32.2. The van der Waals surface area contributed by atoms with E-state index in [9.17, 15) is 24.5 Å². The molecule has 1 saturated carbocycles. The van der Waals surface area contributed by atoms with Crippen LogP contribution in [0.1, 0.15) is 32.1 Å².